The van der Waals surface area contributed by atoms with Crippen LogP contribution in [0.5, 0.6) is 5.75 Å². The Labute approximate surface area is 416 Å². The van der Waals surface area contributed by atoms with E-state index in [1.165, 1.54) is 41.0 Å². The molecule has 0 aromatic heterocycles. The Bertz CT molecular complexity index is 2470. The first-order valence-corrected chi connectivity index (χ1v) is 24.1. The number of amides is 9. The number of aromatic hydroxyl groups is 1. The molecule has 0 spiro atoms. The zero-order chi connectivity index (χ0) is 51.9. The molecule has 0 bridgehead atoms. The van der Waals surface area contributed by atoms with Crippen molar-refractivity contribution in [3.8, 4) is 5.75 Å². The zero-order valence-electron chi connectivity index (χ0n) is 40.1. The van der Waals surface area contributed by atoms with Gasteiger partial charge in [-0.25, -0.2) is 0 Å². The number of phenolic OH excluding ortho intramolecular Hbond substituents is 1. The predicted octanol–water partition coefficient (Wildman–Crippen LogP) is -1.73. The third-order valence-electron chi connectivity index (χ3n) is 12.9. The molecule has 384 valence electrons. The van der Waals surface area contributed by atoms with Gasteiger partial charge in [-0.2, -0.15) is 0 Å². The largest absolute Gasteiger partial charge is 0.508 e. The molecular formula is C50H64N12O10. The van der Waals surface area contributed by atoms with Gasteiger partial charge in [0.05, 0.1) is 6.42 Å². The molecular weight excluding hydrogens is 929 g/mol. The maximum absolute atomic E-state index is 14.6. The summed E-state index contributed by atoms with van der Waals surface area (Å²) in [6.45, 7) is 1.78. The van der Waals surface area contributed by atoms with Crippen molar-refractivity contribution in [3.05, 3.63) is 102 Å². The van der Waals surface area contributed by atoms with Gasteiger partial charge in [0.15, 0.2) is 5.96 Å². The Morgan fingerprint density at radius 3 is 1.57 bits per heavy atom. The number of carbonyl (C=O) groups is 9. The molecule has 8 atom stereocenters. The average Bonchev–Trinajstić information content (AvgIpc) is 4.06. The molecule has 0 aliphatic carbocycles. The lowest BCUT2D eigenvalue weighted by molar-refractivity contribution is -0.148. The molecule has 3 aromatic carbocycles. The van der Waals surface area contributed by atoms with Crippen LogP contribution in [0.1, 0.15) is 68.6 Å². The van der Waals surface area contributed by atoms with Gasteiger partial charge in [-0.1, -0.05) is 72.8 Å². The van der Waals surface area contributed by atoms with Gasteiger partial charge in [0.1, 0.15) is 54.1 Å². The summed E-state index contributed by atoms with van der Waals surface area (Å²) in [6.07, 6.45) is 0.543. The number of phenols is 1. The number of primary amides is 1. The summed E-state index contributed by atoms with van der Waals surface area (Å²) < 4.78 is 0. The molecule has 3 saturated heterocycles. The molecule has 3 aliphatic rings. The molecule has 22 heteroatoms. The molecule has 13 N–H and O–H groups in total. The molecule has 0 saturated carbocycles. The fraction of sp³-hybridized carbons (Fsp3) is 0.440. The van der Waals surface area contributed by atoms with Crippen LogP contribution in [0.25, 0.3) is 0 Å². The van der Waals surface area contributed by atoms with E-state index in [1.54, 1.807) is 60.7 Å². The predicted molar refractivity (Wildman–Crippen MR) is 263 cm³/mol. The number of hydrogen-bond donors (Lipinski definition) is 10. The highest BCUT2D eigenvalue weighted by atomic mass is 16.3. The maximum Gasteiger partial charge on any atom is 0.246 e. The molecule has 22 nitrogen and oxygen atoms in total. The van der Waals surface area contributed by atoms with E-state index >= 15 is 0 Å². The quantitative estimate of drug-likeness (QED) is 0.0550. The van der Waals surface area contributed by atoms with Crippen molar-refractivity contribution < 1.29 is 48.3 Å². The molecule has 3 aliphatic heterocycles. The first-order chi connectivity index (χ1) is 34.5. The van der Waals surface area contributed by atoms with Crippen molar-refractivity contribution in [2.45, 2.75) is 119 Å². The van der Waals surface area contributed by atoms with Crippen LogP contribution in [0.15, 0.2) is 89.9 Å². The number of fused-ring (bicyclic) bond motifs is 2. The second-order valence-electron chi connectivity index (χ2n) is 18.3. The Morgan fingerprint density at radius 1 is 0.556 bits per heavy atom. The summed E-state index contributed by atoms with van der Waals surface area (Å²) in [6, 6.07) is 12.8. The van der Waals surface area contributed by atoms with Crippen molar-refractivity contribution in [2.75, 3.05) is 19.6 Å². The van der Waals surface area contributed by atoms with Crippen molar-refractivity contribution in [2.24, 2.45) is 22.2 Å². The van der Waals surface area contributed by atoms with Crippen LogP contribution in [-0.4, -0.2) is 142 Å². The fourth-order valence-corrected chi connectivity index (χ4v) is 9.11. The lowest BCUT2D eigenvalue weighted by Gasteiger charge is -2.33. The summed E-state index contributed by atoms with van der Waals surface area (Å²) in [4.78, 5) is 134. The second kappa shape index (κ2) is 25.2. The van der Waals surface area contributed by atoms with E-state index in [1.807, 2.05) is 0 Å². The van der Waals surface area contributed by atoms with E-state index in [2.05, 4.69) is 36.9 Å². The van der Waals surface area contributed by atoms with Crippen LogP contribution < -0.4 is 49.1 Å². The van der Waals surface area contributed by atoms with E-state index in [4.69, 9.17) is 17.2 Å². The molecule has 3 heterocycles. The maximum atomic E-state index is 14.6. The zero-order valence-corrected chi connectivity index (χ0v) is 40.1. The molecule has 9 amide bonds. The van der Waals surface area contributed by atoms with Gasteiger partial charge in [0, 0.05) is 38.9 Å². The molecule has 3 fully saturated rings. The van der Waals surface area contributed by atoms with Crippen LogP contribution in [-0.2, 0) is 62.4 Å². The fourth-order valence-electron chi connectivity index (χ4n) is 9.11. The average molecular weight is 993 g/mol. The van der Waals surface area contributed by atoms with E-state index in [0.29, 0.717) is 29.5 Å². The minimum Gasteiger partial charge on any atom is -0.508 e. The van der Waals surface area contributed by atoms with E-state index < -0.39 is 108 Å². The number of rotatable bonds is 12. The summed E-state index contributed by atoms with van der Waals surface area (Å²) in [7, 11) is 0. The number of carbonyl (C=O) groups excluding carboxylic acids is 9. The topological polar surface area (TPSA) is 343 Å². The van der Waals surface area contributed by atoms with Crippen LogP contribution in [0, 0.1) is 0 Å². The lowest BCUT2D eigenvalue weighted by Crippen LogP contribution is -2.61. The number of nitrogens with zero attached hydrogens (tertiary/aromatic N) is 3. The molecule has 3 aromatic rings. The van der Waals surface area contributed by atoms with Gasteiger partial charge in [-0.3, -0.25) is 48.1 Å². The van der Waals surface area contributed by atoms with Crippen LogP contribution in [0.2, 0.25) is 0 Å². The van der Waals surface area contributed by atoms with Crippen molar-refractivity contribution in [1.82, 2.24) is 41.7 Å². The third kappa shape index (κ3) is 14.7. The van der Waals surface area contributed by atoms with Gasteiger partial charge >= 0.3 is 0 Å². The van der Waals surface area contributed by atoms with E-state index in [9.17, 15) is 48.3 Å². The minimum atomic E-state index is -1.66. The molecule has 72 heavy (non-hydrogen) atoms. The van der Waals surface area contributed by atoms with E-state index in [0.717, 1.165) is 0 Å². The van der Waals surface area contributed by atoms with Gasteiger partial charge in [-0.05, 0) is 74.3 Å². The third-order valence-corrected chi connectivity index (χ3v) is 12.9. The van der Waals surface area contributed by atoms with Gasteiger partial charge < -0.3 is 64.0 Å². The summed E-state index contributed by atoms with van der Waals surface area (Å²) in [5, 5.41) is 26.0. The van der Waals surface area contributed by atoms with Crippen LogP contribution in [0.4, 0.5) is 0 Å². The summed E-state index contributed by atoms with van der Waals surface area (Å²) in [5.41, 5.74) is 18.4. The number of nitrogens with one attached hydrogen (secondary N) is 6. The molecule has 6 rings (SSSR count). The SMILES string of the molecule is C[C@@H]1NC(=O)[C@H](CC(N)=O)NC(=O)[C@H](Cc2ccccc2)NC(=O)[C@H](Cc2ccc(O)cc2)NC(=O)[C@H](CCCN=C(N)N)NC(=O)[C@@H]2CCCN2C(=O)[C@H]2CCCN2C(=O)[C@H](Cc2ccccc2)NC1=O. The number of nitrogens with two attached hydrogens (primary N) is 3. The lowest BCUT2D eigenvalue weighted by atomic mass is 10.0. The Hall–Kier alpha value is -8.04. The van der Waals surface area contributed by atoms with E-state index in [-0.39, 0.29) is 76.3 Å². The first kappa shape index (κ1) is 53.3. The highest BCUT2D eigenvalue weighted by Gasteiger charge is 2.44. The standard InChI is InChI=1S/C50H64N12O10/c1-29-42(65)60-38(27-31-13-6-3-7-14-31)48(71)62-24-10-17-40(62)49(72)61-23-9-16-39(61)47(70)56-34(15-8-22-54-50(52)53)43(66)57-36(26-32-18-20-33(63)21-19-32)45(68)58-35(25-30-11-4-2-5-12-30)46(69)59-37(28-41(51)64)44(67)55-29/h2-7,11-14,18-21,29,34-40,63H,8-10,15-17,22-28H2,1H3,(H2,51,64)(H,55,67)(H,56,70)(H,57,66)(H,58,68)(H,59,69)(H,60,65)(H4,52,53,54)/t29-,34-,35-,36-,37-,38-,39-,40+/m0/s1. The number of benzene rings is 3. The van der Waals surface area contributed by atoms with Crippen LogP contribution >= 0.6 is 0 Å². The summed E-state index contributed by atoms with van der Waals surface area (Å²) in [5.74, 6) is -7.30. The van der Waals surface area contributed by atoms with Crippen molar-refractivity contribution in [1.29, 1.82) is 0 Å². The second-order valence-corrected chi connectivity index (χ2v) is 18.3. The minimum absolute atomic E-state index is 0.00947. The molecule has 0 radical (unpaired) electrons. The summed E-state index contributed by atoms with van der Waals surface area (Å²) >= 11 is 0. The number of aliphatic imine (C=N–C) groups is 1. The van der Waals surface area contributed by atoms with Gasteiger partial charge in [0.2, 0.25) is 53.2 Å². The van der Waals surface area contributed by atoms with Crippen molar-refractivity contribution >= 4 is 59.1 Å². The highest BCUT2D eigenvalue weighted by molar-refractivity contribution is 6.00. The van der Waals surface area contributed by atoms with Gasteiger partial charge in [0.25, 0.3) is 0 Å². The highest BCUT2D eigenvalue weighted by Crippen LogP contribution is 2.27. The van der Waals surface area contributed by atoms with Crippen molar-refractivity contribution in [3.63, 3.8) is 0 Å². The number of hydrogen-bond acceptors (Lipinski definition) is 11. The number of guanidine groups is 1. The normalized spacial score (nSPS) is 25.1. The molecule has 0 unspecified atom stereocenters. The Balaban J connectivity index is 1.40. The van der Waals surface area contributed by atoms with Gasteiger partial charge in [-0.15, -0.1) is 0 Å². The Kier molecular flexibility index (Phi) is 18.7. The Morgan fingerprint density at radius 2 is 1.01 bits per heavy atom. The van der Waals surface area contributed by atoms with Crippen LogP contribution in [0.3, 0.4) is 0 Å². The monoisotopic (exact) mass is 992 g/mol. The smallest absolute Gasteiger partial charge is 0.246 e. The first-order valence-electron chi connectivity index (χ1n) is 24.1.